The van der Waals surface area contributed by atoms with Crippen molar-refractivity contribution in [1.29, 1.82) is 0 Å². The van der Waals surface area contributed by atoms with Crippen LogP contribution < -0.4 is 0 Å². The molecule has 2 aromatic rings. The van der Waals surface area contributed by atoms with Crippen molar-refractivity contribution in [3.05, 3.63) is 41.8 Å². The highest BCUT2D eigenvalue weighted by Crippen LogP contribution is 2.29. The van der Waals surface area contributed by atoms with Gasteiger partial charge in [0.25, 0.3) is 5.22 Å². The van der Waals surface area contributed by atoms with Crippen molar-refractivity contribution >= 4 is 17.7 Å². The number of carboxylic acid groups (broad SMARTS) is 1. The number of hydrogen-bond acceptors (Lipinski definition) is 4. The van der Waals surface area contributed by atoms with Gasteiger partial charge in [0.1, 0.15) is 6.26 Å². The number of oxazole rings is 1. The van der Waals surface area contributed by atoms with Gasteiger partial charge < -0.3 is 9.52 Å². The van der Waals surface area contributed by atoms with Gasteiger partial charge in [0.05, 0.1) is 0 Å². The average Bonchev–Trinajstić information content (AvgIpc) is 2.70. The van der Waals surface area contributed by atoms with Crippen LogP contribution in [0.2, 0.25) is 0 Å². The molecule has 1 heterocycles. The fraction of sp³-hybridized carbons (Fsp3) is 0.0909. The summed E-state index contributed by atoms with van der Waals surface area (Å²) >= 11 is 1.31. The molecule has 2 rings (SSSR count). The Hall–Kier alpha value is -1.75. The van der Waals surface area contributed by atoms with Gasteiger partial charge in [-0.15, -0.1) is 0 Å². The molecule has 0 atom stereocenters. The van der Waals surface area contributed by atoms with Gasteiger partial charge in [-0.05, 0) is 30.3 Å². The van der Waals surface area contributed by atoms with Crippen LogP contribution in [0.1, 0.15) is 16.1 Å². The third-order valence-corrected chi connectivity index (χ3v) is 3.03. The summed E-state index contributed by atoms with van der Waals surface area (Å²) in [6, 6.07) is 7.77. The summed E-state index contributed by atoms with van der Waals surface area (Å²) in [7, 11) is 0. The van der Waals surface area contributed by atoms with E-state index >= 15 is 0 Å². The molecular formula is C11H9NO3S. The van der Waals surface area contributed by atoms with Gasteiger partial charge in [-0.25, -0.2) is 4.79 Å². The summed E-state index contributed by atoms with van der Waals surface area (Å²) in [5.41, 5.74) is 1.03. The van der Waals surface area contributed by atoms with E-state index in [0.717, 1.165) is 16.7 Å². The molecule has 0 aliphatic carbocycles. The molecule has 1 aromatic carbocycles. The van der Waals surface area contributed by atoms with Crippen molar-refractivity contribution in [2.24, 2.45) is 0 Å². The van der Waals surface area contributed by atoms with E-state index in [2.05, 4.69) is 4.98 Å². The fourth-order valence-electron chi connectivity index (χ4n) is 1.17. The predicted octanol–water partition coefficient (Wildman–Crippen LogP) is 2.83. The van der Waals surface area contributed by atoms with E-state index < -0.39 is 5.97 Å². The van der Waals surface area contributed by atoms with Crippen LogP contribution in [0.15, 0.2) is 45.1 Å². The molecule has 82 valence electrons. The van der Waals surface area contributed by atoms with Gasteiger partial charge in [-0.3, -0.25) is 0 Å². The lowest BCUT2D eigenvalue weighted by molar-refractivity contribution is 0.0690. The highest BCUT2D eigenvalue weighted by molar-refractivity contribution is 7.99. The lowest BCUT2D eigenvalue weighted by atomic mass is 10.2. The summed E-state index contributed by atoms with van der Waals surface area (Å²) in [6.07, 6.45) is 1.14. The van der Waals surface area contributed by atoms with E-state index in [9.17, 15) is 4.79 Å². The minimum Gasteiger partial charge on any atom is -0.476 e. The Morgan fingerprint density at radius 1 is 1.44 bits per heavy atom. The number of rotatable bonds is 3. The zero-order valence-electron chi connectivity index (χ0n) is 8.51. The number of hydrogen-bond donors (Lipinski definition) is 1. The molecule has 0 bridgehead atoms. The Bertz CT molecular complexity index is 521. The van der Waals surface area contributed by atoms with Gasteiger partial charge in [0.2, 0.25) is 0 Å². The Labute approximate surface area is 96.3 Å². The van der Waals surface area contributed by atoms with Crippen LogP contribution in [0.25, 0.3) is 0 Å². The maximum absolute atomic E-state index is 10.6. The van der Waals surface area contributed by atoms with Crippen LogP contribution in [0, 0.1) is 6.92 Å². The Morgan fingerprint density at radius 2 is 2.19 bits per heavy atom. The SMILES string of the molecule is Cc1ccccc1Sc1nc(C(=O)O)co1. The van der Waals surface area contributed by atoms with Crippen LogP contribution in [0.5, 0.6) is 0 Å². The topological polar surface area (TPSA) is 63.3 Å². The Kier molecular flexibility index (Phi) is 2.96. The smallest absolute Gasteiger partial charge is 0.357 e. The van der Waals surface area contributed by atoms with Crippen molar-refractivity contribution in [1.82, 2.24) is 4.98 Å². The van der Waals surface area contributed by atoms with Gasteiger partial charge in [-0.1, -0.05) is 18.2 Å². The maximum Gasteiger partial charge on any atom is 0.357 e. The molecule has 1 N–H and O–H groups in total. The van der Waals surface area contributed by atoms with Gasteiger partial charge in [0.15, 0.2) is 5.69 Å². The number of aromatic nitrogens is 1. The molecule has 0 saturated heterocycles. The molecule has 0 aliphatic heterocycles. The molecule has 0 spiro atoms. The molecule has 0 fully saturated rings. The van der Waals surface area contributed by atoms with Crippen molar-refractivity contribution in [3.63, 3.8) is 0 Å². The van der Waals surface area contributed by atoms with Crippen molar-refractivity contribution in [3.8, 4) is 0 Å². The number of carbonyl (C=O) groups is 1. The number of nitrogens with zero attached hydrogens (tertiary/aromatic N) is 1. The first kappa shape index (κ1) is 10.8. The van der Waals surface area contributed by atoms with E-state index in [-0.39, 0.29) is 5.69 Å². The standard InChI is InChI=1S/C11H9NO3S/c1-7-4-2-3-5-9(7)16-11-12-8(6-15-11)10(13)14/h2-6H,1H3,(H,13,14). The highest BCUT2D eigenvalue weighted by Gasteiger charge is 2.11. The number of carboxylic acids is 1. The first-order valence-electron chi connectivity index (χ1n) is 4.59. The average molecular weight is 235 g/mol. The van der Waals surface area contributed by atoms with Crippen molar-refractivity contribution < 1.29 is 14.3 Å². The zero-order chi connectivity index (χ0) is 11.5. The summed E-state index contributed by atoms with van der Waals surface area (Å²) < 4.78 is 5.06. The third-order valence-electron chi connectivity index (χ3n) is 1.99. The number of benzene rings is 1. The molecule has 16 heavy (non-hydrogen) atoms. The number of aryl methyl sites for hydroxylation is 1. The van der Waals surface area contributed by atoms with Crippen molar-refractivity contribution in [2.45, 2.75) is 17.0 Å². The van der Waals surface area contributed by atoms with Crippen LogP contribution in [-0.2, 0) is 0 Å². The second-order valence-electron chi connectivity index (χ2n) is 3.17. The van der Waals surface area contributed by atoms with E-state index in [1.165, 1.54) is 11.8 Å². The lowest BCUT2D eigenvalue weighted by Crippen LogP contribution is -1.95. The molecule has 0 amide bonds. The minimum absolute atomic E-state index is 0.0731. The monoisotopic (exact) mass is 235 g/mol. The summed E-state index contributed by atoms with van der Waals surface area (Å²) in [5.74, 6) is -1.08. The van der Waals surface area contributed by atoms with E-state index in [4.69, 9.17) is 9.52 Å². The molecule has 0 radical (unpaired) electrons. The van der Waals surface area contributed by atoms with Crippen LogP contribution >= 0.6 is 11.8 Å². The van der Waals surface area contributed by atoms with E-state index in [0.29, 0.717) is 5.22 Å². The van der Waals surface area contributed by atoms with Crippen molar-refractivity contribution in [2.75, 3.05) is 0 Å². The second kappa shape index (κ2) is 4.40. The van der Waals surface area contributed by atoms with E-state index in [1.54, 1.807) is 0 Å². The molecule has 4 nitrogen and oxygen atoms in total. The third kappa shape index (κ3) is 2.25. The van der Waals surface area contributed by atoms with Gasteiger partial charge >= 0.3 is 5.97 Å². The summed E-state index contributed by atoms with van der Waals surface area (Å²) in [6.45, 7) is 1.98. The molecule has 0 unspecified atom stereocenters. The lowest BCUT2D eigenvalue weighted by Gasteiger charge is -2.00. The summed E-state index contributed by atoms with van der Waals surface area (Å²) in [5, 5.41) is 9.03. The van der Waals surface area contributed by atoms with Gasteiger partial charge in [-0.2, -0.15) is 4.98 Å². The first-order valence-corrected chi connectivity index (χ1v) is 5.41. The van der Waals surface area contributed by atoms with E-state index in [1.807, 2.05) is 31.2 Å². The second-order valence-corrected chi connectivity index (χ2v) is 4.16. The highest BCUT2D eigenvalue weighted by atomic mass is 32.2. The first-order chi connectivity index (χ1) is 7.66. The minimum atomic E-state index is -1.08. The normalized spacial score (nSPS) is 10.3. The largest absolute Gasteiger partial charge is 0.476 e. The van der Waals surface area contributed by atoms with Crippen LogP contribution in [0.3, 0.4) is 0 Å². The quantitative estimate of drug-likeness (QED) is 0.886. The number of aromatic carboxylic acids is 1. The van der Waals surface area contributed by atoms with Gasteiger partial charge in [0, 0.05) is 4.90 Å². The van der Waals surface area contributed by atoms with Crippen LogP contribution in [0.4, 0.5) is 0 Å². The van der Waals surface area contributed by atoms with Crippen LogP contribution in [-0.4, -0.2) is 16.1 Å². The Morgan fingerprint density at radius 3 is 2.81 bits per heavy atom. The Balaban J connectivity index is 2.21. The summed E-state index contributed by atoms with van der Waals surface area (Å²) in [4.78, 5) is 15.4. The molecule has 5 heteroatoms. The molecule has 0 saturated carbocycles. The molecular weight excluding hydrogens is 226 g/mol. The molecule has 1 aromatic heterocycles. The maximum atomic E-state index is 10.6. The molecule has 0 aliphatic rings. The fourth-order valence-corrected chi connectivity index (χ4v) is 1.97. The zero-order valence-corrected chi connectivity index (χ0v) is 9.32. The predicted molar refractivity (Wildman–Crippen MR) is 58.8 cm³/mol.